The third-order valence-corrected chi connectivity index (χ3v) is 3.89. The summed E-state index contributed by atoms with van der Waals surface area (Å²) in [7, 11) is 1.52. The standard InChI is InChI=1S/C16H16Cl2O2/c1-3-10-4-6-11(7-5-10)16(19)12-8-14(18)15(20-2)9-13(12)17/h4-9,16,19H,3H2,1-2H3. The maximum atomic E-state index is 10.4. The first-order valence-electron chi connectivity index (χ1n) is 6.36. The molecule has 2 rings (SSSR count). The normalized spacial score (nSPS) is 12.2. The van der Waals surface area contributed by atoms with Gasteiger partial charge in [0.1, 0.15) is 11.9 Å². The Kier molecular flexibility index (Phi) is 4.92. The first-order valence-corrected chi connectivity index (χ1v) is 7.12. The van der Waals surface area contributed by atoms with Crippen molar-refractivity contribution in [3.8, 4) is 5.75 Å². The van der Waals surface area contributed by atoms with Gasteiger partial charge in [-0.2, -0.15) is 0 Å². The monoisotopic (exact) mass is 310 g/mol. The lowest BCUT2D eigenvalue weighted by Gasteiger charge is -2.15. The molecular weight excluding hydrogens is 295 g/mol. The summed E-state index contributed by atoms with van der Waals surface area (Å²) in [6.45, 7) is 2.09. The fourth-order valence-corrected chi connectivity index (χ4v) is 2.53. The molecule has 0 bridgehead atoms. The van der Waals surface area contributed by atoms with Gasteiger partial charge in [0.2, 0.25) is 0 Å². The van der Waals surface area contributed by atoms with Crippen LogP contribution in [0.4, 0.5) is 0 Å². The summed E-state index contributed by atoms with van der Waals surface area (Å²) in [5.41, 5.74) is 2.58. The van der Waals surface area contributed by atoms with Crippen molar-refractivity contribution >= 4 is 23.2 Å². The van der Waals surface area contributed by atoms with Crippen molar-refractivity contribution in [1.29, 1.82) is 0 Å². The van der Waals surface area contributed by atoms with Crippen molar-refractivity contribution < 1.29 is 9.84 Å². The molecular formula is C16H16Cl2O2. The van der Waals surface area contributed by atoms with Crippen molar-refractivity contribution in [3.63, 3.8) is 0 Å². The Balaban J connectivity index is 2.36. The predicted octanol–water partition coefficient (Wildman–Crippen LogP) is 4.65. The fraction of sp³-hybridized carbons (Fsp3) is 0.250. The van der Waals surface area contributed by atoms with E-state index in [4.69, 9.17) is 27.9 Å². The Morgan fingerprint density at radius 1 is 1.10 bits per heavy atom. The molecule has 2 nitrogen and oxygen atoms in total. The van der Waals surface area contributed by atoms with Crippen LogP contribution in [0.5, 0.6) is 5.75 Å². The van der Waals surface area contributed by atoms with Crippen molar-refractivity contribution in [2.75, 3.05) is 7.11 Å². The lowest BCUT2D eigenvalue weighted by molar-refractivity contribution is 0.220. The van der Waals surface area contributed by atoms with E-state index in [-0.39, 0.29) is 0 Å². The van der Waals surface area contributed by atoms with Crippen LogP contribution in [0.2, 0.25) is 10.0 Å². The van der Waals surface area contributed by atoms with Crippen LogP contribution in [0.3, 0.4) is 0 Å². The fourth-order valence-electron chi connectivity index (χ4n) is 2.03. The summed E-state index contributed by atoms with van der Waals surface area (Å²) in [5, 5.41) is 11.3. The van der Waals surface area contributed by atoms with E-state index < -0.39 is 6.10 Å². The average molecular weight is 311 g/mol. The SMILES string of the molecule is CCc1ccc(C(O)c2cc(Cl)c(OC)cc2Cl)cc1. The summed E-state index contributed by atoms with van der Waals surface area (Å²) < 4.78 is 5.10. The number of ether oxygens (including phenoxy) is 1. The highest BCUT2D eigenvalue weighted by Crippen LogP contribution is 2.36. The molecule has 0 heterocycles. The number of halogens is 2. The van der Waals surface area contributed by atoms with Gasteiger partial charge >= 0.3 is 0 Å². The third-order valence-electron chi connectivity index (χ3n) is 3.27. The van der Waals surface area contributed by atoms with Gasteiger partial charge in [-0.1, -0.05) is 54.4 Å². The summed E-state index contributed by atoms with van der Waals surface area (Å²) >= 11 is 12.3. The minimum absolute atomic E-state index is 0.427. The molecule has 1 N–H and O–H groups in total. The van der Waals surface area contributed by atoms with E-state index in [1.807, 2.05) is 24.3 Å². The van der Waals surface area contributed by atoms with E-state index >= 15 is 0 Å². The molecule has 0 saturated heterocycles. The van der Waals surface area contributed by atoms with Gasteiger partial charge in [0.15, 0.2) is 0 Å². The molecule has 0 saturated carbocycles. The second-order valence-electron chi connectivity index (χ2n) is 4.51. The molecule has 0 aliphatic rings. The van der Waals surface area contributed by atoms with Gasteiger partial charge in [-0.05, 0) is 23.6 Å². The van der Waals surface area contributed by atoms with Crippen molar-refractivity contribution in [2.45, 2.75) is 19.4 Å². The van der Waals surface area contributed by atoms with Crippen LogP contribution < -0.4 is 4.74 Å². The summed E-state index contributed by atoms with van der Waals surface area (Å²) in [5.74, 6) is 0.494. The van der Waals surface area contributed by atoms with Crippen molar-refractivity contribution in [2.24, 2.45) is 0 Å². The highest BCUT2D eigenvalue weighted by molar-refractivity contribution is 6.34. The average Bonchev–Trinajstić information content (AvgIpc) is 2.48. The van der Waals surface area contributed by atoms with Crippen molar-refractivity contribution in [3.05, 3.63) is 63.1 Å². The number of methoxy groups -OCH3 is 1. The molecule has 0 aliphatic heterocycles. The predicted molar refractivity (Wildman–Crippen MR) is 82.9 cm³/mol. The number of benzene rings is 2. The Labute approximate surface area is 128 Å². The van der Waals surface area contributed by atoms with E-state index in [1.54, 1.807) is 12.1 Å². The van der Waals surface area contributed by atoms with Gasteiger partial charge in [-0.15, -0.1) is 0 Å². The van der Waals surface area contributed by atoms with Crippen LogP contribution in [0.1, 0.15) is 29.7 Å². The van der Waals surface area contributed by atoms with Crippen LogP contribution in [0, 0.1) is 0 Å². The number of hydrogen-bond acceptors (Lipinski definition) is 2. The van der Waals surface area contributed by atoms with Gasteiger partial charge in [-0.25, -0.2) is 0 Å². The first-order chi connectivity index (χ1) is 9.56. The van der Waals surface area contributed by atoms with Crippen LogP contribution in [-0.4, -0.2) is 12.2 Å². The van der Waals surface area contributed by atoms with E-state index in [9.17, 15) is 5.11 Å². The Bertz CT molecular complexity index is 594. The highest BCUT2D eigenvalue weighted by Gasteiger charge is 2.16. The molecule has 2 aromatic carbocycles. The molecule has 0 amide bonds. The Hall–Kier alpha value is -1.22. The Morgan fingerprint density at radius 3 is 2.30 bits per heavy atom. The molecule has 20 heavy (non-hydrogen) atoms. The van der Waals surface area contributed by atoms with Crippen LogP contribution in [-0.2, 0) is 6.42 Å². The van der Waals surface area contributed by atoms with Crippen LogP contribution in [0.15, 0.2) is 36.4 Å². The Morgan fingerprint density at radius 2 is 1.75 bits per heavy atom. The van der Waals surface area contributed by atoms with Gasteiger partial charge in [-0.3, -0.25) is 0 Å². The first kappa shape index (κ1) is 15.2. The molecule has 0 spiro atoms. The second kappa shape index (κ2) is 6.49. The molecule has 1 unspecified atom stereocenters. The smallest absolute Gasteiger partial charge is 0.138 e. The van der Waals surface area contributed by atoms with Gasteiger partial charge in [0.05, 0.1) is 17.2 Å². The van der Waals surface area contributed by atoms with E-state index in [0.29, 0.717) is 21.4 Å². The van der Waals surface area contributed by atoms with Gasteiger partial charge in [0, 0.05) is 11.6 Å². The lowest BCUT2D eigenvalue weighted by atomic mass is 9.99. The van der Waals surface area contributed by atoms with Crippen LogP contribution in [0.25, 0.3) is 0 Å². The molecule has 0 radical (unpaired) electrons. The van der Waals surface area contributed by atoms with E-state index in [0.717, 1.165) is 12.0 Å². The number of aliphatic hydroxyl groups is 1. The topological polar surface area (TPSA) is 29.5 Å². The molecule has 2 aromatic rings. The number of aryl methyl sites for hydroxylation is 1. The summed E-state index contributed by atoms with van der Waals surface area (Å²) in [6, 6.07) is 11.1. The minimum Gasteiger partial charge on any atom is -0.495 e. The number of aliphatic hydroxyl groups excluding tert-OH is 1. The third kappa shape index (κ3) is 3.09. The van der Waals surface area contributed by atoms with Crippen LogP contribution >= 0.6 is 23.2 Å². The lowest BCUT2D eigenvalue weighted by Crippen LogP contribution is -2.01. The van der Waals surface area contributed by atoms with E-state index in [2.05, 4.69) is 6.92 Å². The summed E-state index contributed by atoms with van der Waals surface area (Å²) in [6.07, 6.45) is 0.155. The molecule has 0 aromatic heterocycles. The largest absolute Gasteiger partial charge is 0.495 e. The summed E-state index contributed by atoms with van der Waals surface area (Å²) in [4.78, 5) is 0. The minimum atomic E-state index is -0.809. The zero-order valence-corrected chi connectivity index (χ0v) is 12.9. The zero-order chi connectivity index (χ0) is 14.7. The van der Waals surface area contributed by atoms with Gasteiger partial charge in [0.25, 0.3) is 0 Å². The zero-order valence-electron chi connectivity index (χ0n) is 11.4. The maximum Gasteiger partial charge on any atom is 0.138 e. The molecule has 4 heteroatoms. The molecule has 0 aliphatic carbocycles. The molecule has 0 fully saturated rings. The number of rotatable bonds is 4. The second-order valence-corrected chi connectivity index (χ2v) is 5.32. The van der Waals surface area contributed by atoms with Crippen molar-refractivity contribution in [1.82, 2.24) is 0 Å². The van der Waals surface area contributed by atoms with E-state index in [1.165, 1.54) is 12.7 Å². The number of hydrogen-bond donors (Lipinski definition) is 1. The molecule has 106 valence electrons. The maximum absolute atomic E-state index is 10.4. The molecule has 1 atom stereocenters. The quantitative estimate of drug-likeness (QED) is 0.891. The van der Waals surface area contributed by atoms with Gasteiger partial charge < -0.3 is 9.84 Å². The highest BCUT2D eigenvalue weighted by atomic mass is 35.5.